The van der Waals surface area contributed by atoms with E-state index in [-0.39, 0.29) is 18.1 Å². The quantitative estimate of drug-likeness (QED) is 0.510. The molecule has 0 aromatic heterocycles. The lowest BCUT2D eigenvalue weighted by Crippen LogP contribution is -2.43. The third kappa shape index (κ3) is 4.18. The van der Waals surface area contributed by atoms with Crippen LogP contribution >= 0.6 is 0 Å². The molecule has 4 heteroatoms. The Kier molecular flexibility index (Phi) is 5.65. The molecule has 0 unspecified atom stereocenters. The lowest BCUT2D eigenvalue weighted by Gasteiger charge is -2.27. The first-order valence-corrected chi connectivity index (χ1v) is 5.73. The Morgan fingerprint density at radius 1 is 1.53 bits per heavy atom. The summed E-state index contributed by atoms with van der Waals surface area (Å²) in [5.41, 5.74) is 0. The maximum atomic E-state index is 11.6. The minimum atomic E-state index is -0.155. The molecule has 0 bridgehead atoms. The van der Waals surface area contributed by atoms with Crippen molar-refractivity contribution in [2.24, 2.45) is 0 Å². The molecule has 4 nitrogen and oxygen atoms in total. The fourth-order valence-electron chi connectivity index (χ4n) is 1.51. The molecule has 88 valence electrons. The highest BCUT2D eigenvalue weighted by molar-refractivity contribution is 5.75. The molecule has 0 spiro atoms. The molecule has 1 saturated heterocycles. The smallest absolute Gasteiger partial charge is 0.323 e. The summed E-state index contributed by atoms with van der Waals surface area (Å²) in [5.74, 6) is -0.137. The zero-order valence-corrected chi connectivity index (χ0v) is 9.62. The van der Waals surface area contributed by atoms with Gasteiger partial charge in [-0.3, -0.25) is 4.79 Å². The van der Waals surface area contributed by atoms with E-state index in [0.29, 0.717) is 13.2 Å². The SMILES string of the molecule is CCCCC[C@H](NC)C(=O)OC1COC1. The number of rotatable bonds is 7. The first-order chi connectivity index (χ1) is 7.27. The molecule has 0 amide bonds. The summed E-state index contributed by atoms with van der Waals surface area (Å²) in [6.45, 7) is 3.26. The van der Waals surface area contributed by atoms with Crippen molar-refractivity contribution in [1.82, 2.24) is 5.32 Å². The van der Waals surface area contributed by atoms with E-state index in [9.17, 15) is 4.79 Å². The van der Waals surface area contributed by atoms with Gasteiger partial charge >= 0.3 is 5.97 Å². The van der Waals surface area contributed by atoms with Crippen molar-refractivity contribution in [3.63, 3.8) is 0 Å². The predicted molar refractivity (Wildman–Crippen MR) is 57.7 cm³/mol. The highest BCUT2D eigenvalue weighted by Gasteiger charge is 2.26. The van der Waals surface area contributed by atoms with Gasteiger partial charge in [-0.05, 0) is 13.5 Å². The monoisotopic (exact) mass is 215 g/mol. The van der Waals surface area contributed by atoms with E-state index < -0.39 is 0 Å². The number of hydrogen-bond acceptors (Lipinski definition) is 4. The molecule has 1 rings (SSSR count). The molecule has 1 aliphatic rings. The van der Waals surface area contributed by atoms with Gasteiger partial charge in [-0.1, -0.05) is 26.2 Å². The molecule has 0 saturated carbocycles. The van der Waals surface area contributed by atoms with Crippen LogP contribution in [-0.4, -0.2) is 38.4 Å². The van der Waals surface area contributed by atoms with E-state index in [4.69, 9.17) is 9.47 Å². The average Bonchev–Trinajstić information content (AvgIpc) is 2.18. The molecule has 1 N–H and O–H groups in total. The zero-order valence-electron chi connectivity index (χ0n) is 9.62. The molecule has 1 heterocycles. The zero-order chi connectivity index (χ0) is 11.1. The number of carbonyl (C=O) groups is 1. The lowest BCUT2D eigenvalue weighted by atomic mass is 10.1. The number of ether oxygens (including phenoxy) is 2. The third-order valence-electron chi connectivity index (χ3n) is 2.62. The van der Waals surface area contributed by atoms with Crippen LogP contribution in [0.15, 0.2) is 0 Å². The van der Waals surface area contributed by atoms with Crippen LogP contribution in [0.2, 0.25) is 0 Å². The van der Waals surface area contributed by atoms with Crippen molar-refractivity contribution in [3.8, 4) is 0 Å². The number of likely N-dealkylation sites (N-methyl/N-ethyl adjacent to an activating group) is 1. The van der Waals surface area contributed by atoms with E-state index in [1.54, 1.807) is 7.05 Å². The largest absolute Gasteiger partial charge is 0.456 e. The van der Waals surface area contributed by atoms with Gasteiger partial charge in [0.1, 0.15) is 12.1 Å². The van der Waals surface area contributed by atoms with Gasteiger partial charge in [0.2, 0.25) is 0 Å². The Bertz CT molecular complexity index is 192. The van der Waals surface area contributed by atoms with Crippen molar-refractivity contribution in [1.29, 1.82) is 0 Å². The van der Waals surface area contributed by atoms with Gasteiger partial charge in [0.05, 0.1) is 13.2 Å². The third-order valence-corrected chi connectivity index (χ3v) is 2.62. The minimum Gasteiger partial charge on any atom is -0.456 e. The highest BCUT2D eigenvalue weighted by Crippen LogP contribution is 2.10. The second-order valence-corrected chi connectivity index (χ2v) is 3.93. The minimum absolute atomic E-state index is 0.0143. The fraction of sp³-hybridized carbons (Fsp3) is 0.909. The van der Waals surface area contributed by atoms with Gasteiger partial charge in [0.25, 0.3) is 0 Å². The van der Waals surface area contributed by atoms with Crippen LogP contribution in [0, 0.1) is 0 Å². The standard InChI is InChI=1S/C11H21NO3/c1-3-4-5-6-10(12-2)11(13)15-9-7-14-8-9/h9-10,12H,3-8H2,1-2H3/t10-/m0/s1. The number of carbonyl (C=O) groups excluding carboxylic acids is 1. The topological polar surface area (TPSA) is 47.6 Å². The molecule has 1 atom stereocenters. The Morgan fingerprint density at radius 2 is 2.27 bits per heavy atom. The van der Waals surface area contributed by atoms with Gasteiger partial charge in [-0.2, -0.15) is 0 Å². The first kappa shape index (κ1) is 12.5. The Morgan fingerprint density at radius 3 is 2.73 bits per heavy atom. The lowest BCUT2D eigenvalue weighted by molar-refractivity contribution is -0.174. The summed E-state index contributed by atoms with van der Waals surface area (Å²) in [6, 6.07) is -0.155. The molecule has 0 aliphatic carbocycles. The molecule has 1 fully saturated rings. The van der Waals surface area contributed by atoms with E-state index >= 15 is 0 Å². The van der Waals surface area contributed by atoms with Crippen molar-refractivity contribution in [2.45, 2.75) is 44.8 Å². The number of hydrogen-bond donors (Lipinski definition) is 1. The Labute approximate surface area is 91.3 Å². The number of nitrogens with one attached hydrogen (secondary N) is 1. The Balaban J connectivity index is 2.19. The molecular weight excluding hydrogens is 194 g/mol. The van der Waals surface area contributed by atoms with Crippen molar-refractivity contribution < 1.29 is 14.3 Å². The van der Waals surface area contributed by atoms with Crippen LogP contribution in [-0.2, 0) is 14.3 Å². The van der Waals surface area contributed by atoms with E-state index in [0.717, 1.165) is 19.3 Å². The normalized spacial score (nSPS) is 18.3. The van der Waals surface area contributed by atoms with Crippen LogP contribution in [0.3, 0.4) is 0 Å². The molecule has 1 aliphatic heterocycles. The average molecular weight is 215 g/mol. The molecule has 0 radical (unpaired) electrons. The number of esters is 1. The van der Waals surface area contributed by atoms with Crippen LogP contribution in [0.25, 0.3) is 0 Å². The maximum absolute atomic E-state index is 11.6. The van der Waals surface area contributed by atoms with E-state index in [1.165, 1.54) is 6.42 Å². The van der Waals surface area contributed by atoms with Crippen LogP contribution in [0.4, 0.5) is 0 Å². The van der Waals surface area contributed by atoms with Crippen molar-refractivity contribution in [3.05, 3.63) is 0 Å². The fourth-order valence-corrected chi connectivity index (χ4v) is 1.51. The highest BCUT2D eigenvalue weighted by atomic mass is 16.6. The summed E-state index contributed by atoms with van der Waals surface area (Å²) < 4.78 is 10.2. The first-order valence-electron chi connectivity index (χ1n) is 5.73. The number of unbranched alkanes of at least 4 members (excludes halogenated alkanes) is 2. The van der Waals surface area contributed by atoms with E-state index in [1.807, 2.05) is 0 Å². The maximum Gasteiger partial charge on any atom is 0.323 e. The molecule has 15 heavy (non-hydrogen) atoms. The Hall–Kier alpha value is -0.610. The summed E-state index contributed by atoms with van der Waals surface area (Å²) in [6.07, 6.45) is 4.24. The van der Waals surface area contributed by atoms with Gasteiger partial charge in [-0.15, -0.1) is 0 Å². The summed E-state index contributed by atoms with van der Waals surface area (Å²) in [7, 11) is 1.80. The van der Waals surface area contributed by atoms with Gasteiger partial charge in [-0.25, -0.2) is 0 Å². The van der Waals surface area contributed by atoms with Gasteiger partial charge in [0, 0.05) is 0 Å². The predicted octanol–water partition coefficient (Wildman–Crippen LogP) is 1.10. The van der Waals surface area contributed by atoms with Crippen LogP contribution in [0.5, 0.6) is 0 Å². The van der Waals surface area contributed by atoms with Gasteiger partial charge in [0.15, 0.2) is 0 Å². The molecular formula is C11H21NO3. The second kappa shape index (κ2) is 6.80. The van der Waals surface area contributed by atoms with Gasteiger partial charge < -0.3 is 14.8 Å². The van der Waals surface area contributed by atoms with Crippen molar-refractivity contribution >= 4 is 5.97 Å². The summed E-state index contributed by atoms with van der Waals surface area (Å²) in [5, 5.41) is 3.00. The summed E-state index contributed by atoms with van der Waals surface area (Å²) in [4.78, 5) is 11.6. The van der Waals surface area contributed by atoms with Crippen LogP contribution < -0.4 is 5.32 Å². The van der Waals surface area contributed by atoms with Crippen molar-refractivity contribution in [2.75, 3.05) is 20.3 Å². The second-order valence-electron chi connectivity index (χ2n) is 3.93. The summed E-state index contributed by atoms with van der Waals surface area (Å²) >= 11 is 0. The molecule has 0 aromatic rings. The van der Waals surface area contributed by atoms with E-state index in [2.05, 4.69) is 12.2 Å². The molecule has 0 aromatic carbocycles. The van der Waals surface area contributed by atoms with Crippen LogP contribution in [0.1, 0.15) is 32.6 Å².